The topological polar surface area (TPSA) is 79.3 Å². The number of rotatable bonds is 7. The van der Waals surface area contributed by atoms with Crippen molar-refractivity contribution in [3.8, 4) is 11.5 Å². The van der Waals surface area contributed by atoms with Gasteiger partial charge in [0.2, 0.25) is 5.91 Å². The fourth-order valence-corrected chi connectivity index (χ4v) is 3.25. The second-order valence-corrected chi connectivity index (χ2v) is 6.77. The number of carbonyl (C=O) groups is 2. The Balaban J connectivity index is 1.64. The second kappa shape index (κ2) is 9.93. The summed E-state index contributed by atoms with van der Waals surface area (Å²) < 4.78 is 11.2. The van der Waals surface area contributed by atoms with Crippen LogP contribution in [0, 0.1) is 0 Å². The summed E-state index contributed by atoms with van der Waals surface area (Å²) in [5, 5.41) is 10.4. The molecule has 1 unspecified atom stereocenters. The molecule has 3 rings (SSSR count). The predicted octanol–water partition coefficient (Wildman–Crippen LogP) is 1.81. The van der Waals surface area contributed by atoms with Gasteiger partial charge in [-0.2, -0.15) is 0 Å². The first-order valence-corrected chi connectivity index (χ1v) is 9.73. The van der Waals surface area contributed by atoms with Crippen molar-refractivity contribution in [3.05, 3.63) is 60.2 Å². The molecular formula is C22H26N2O5. The van der Waals surface area contributed by atoms with Gasteiger partial charge in [0, 0.05) is 13.1 Å². The van der Waals surface area contributed by atoms with Crippen molar-refractivity contribution in [2.45, 2.75) is 13.0 Å². The summed E-state index contributed by atoms with van der Waals surface area (Å²) in [6, 6.07) is 16.3. The number of aliphatic hydroxyl groups excluding tert-OH is 1. The minimum absolute atomic E-state index is 0.0844. The lowest BCUT2D eigenvalue weighted by atomic mass is 10.1. The van der Waals surface area contributed by atoms with Crippen molar-refractivity contribution in [1.82, 2.24) is 9.80 Å². The van der Waals surface area contributed by atoms with Crippen LogP contribution >= 0.6 is 0 Å². The summed E-state index contributed by atoms with van der Waals surface area (Å²) in [5.74, 6) is 0.642. The number of carbonyl (C=O) groups excluding carboxylic acids is 2. The molecule has 1 N–H and O–H groups in total. The second-order valence-electron chi connectivity index (χ2n) is 6.77. The normalized spacial score (nSPS) is 17.0. The van der Waals surface area contributed by atoms with Crippen LogP contribution in [0.1, 0.15) is 17.3 Å². The SMILES string of the molecule is CCOc1ccccc1C(=O)N1CC(=O)N(CCOc2ccccc2)CC(O)C1. The maximum Gasteiger partial charge on any atom is 0.258 e. The molecular weight excluding hydrogens is 372 g/mol. The van der Waals surface area contributed by atoms with Crippen molar-refractivity contribution in [1.29, 1.82) is 0 Å². The van der Waals surface area contributed by atoms with E-state index in [1.54, 1.807) is 24.3 Å². The number of nitrogens with zero attached hydrogens (tertiary/aromatic N) is 2. The lowest BCUT2D eigenvalue weighted by Gasteiger charge is -2.22. The first-order valence-electron chi connectivity index (χ1n) is 9.73. The summed E-state index contributed by atoms with van der Waals surface area (Å²) >= 11 is 0. The first kappa shape index (κ1) is 20.7. The Kier molecular flexibility index (Phi) is 7.08. The van der Waals surface area contributed by atoms with E-state index in [0.717, 1.165) is 5.75 Å². The number of ether oxygens (including phenoxy) is 2. The zero-order valence-corrected chi connectivity index (χ0v) is 16.5. The molecule has 1 heterocycles. The molecule has 0 saturated carbocycles. The summed E-state index contributed by atoms with van der Waals surface area (Å²) in [6.07, 6.45) is -0.832. The van der Waals surface area contributed by atoms with E-state index in [4.69, 9.17) is 9.47 Å². The molecule has 1 saturated heterocycles. The highest BCUT2D eigenvalue weighted by molar-refractivity contribution is 5.99. The van der Waals surface area contributed by atoms with Gasteiger partial charge in [-0.05, 0) is 31.2 Å². The van der Waals surface area contributed by atoms with Crippen molar-refractivity contribution in [2.75, 3.05) is 39.4 Å². The van der Waals surface area contributed by atoms with E-state index in [9.17, 15) is 14.7 Å². The number of hydrogen-bond donors (Lipinski definition) is 1. The van der Waals surface area contributed by atoms with Gasteiger partial charge in [-0.15, -0.1) is 0 Å². The maximum atomic E-state index is 13.0. The first-order chi connectivity index (χ1) is 14.1. The Morgan fingerprint density at radius 3 is 2.55 bits per heavy atom. The van der Waals surface area contributed by atoms with Gasteiger partial charge < -0.3 is 24.4 Å². The van der Waals surface area contributed by atoms with Gasteiger partial charge >= 0.3 is 0 Å². The third kappa shape index (κ3) is 5.48. The van der Waals surface area contributed by atoms with Gasteiger partial charge in [-0.1, -0.05) is 30.3 Å². The molecule has 29 heavy (non-hydrogen) atoms. The summed E-state index contributed by atoms with van der Waals surface area (Å²) in [4.78, 5) is 28.6. The number of amides is 2. The van der Waals surface area contributed by atoms with Crippen LogP contribution in [-0.4, -0.2) is 72.2 Å². The molecule has 2 aromatic carbocycles. The zero-order chi connectivity index (χ0) is 20.6. The minimum Gasteiger partial charge on any atom is -0.493 e. The molecule has 2 aromatic rings. The molecule has 0 bridgehead atoms. The Morgan fingerprint density at radius 1 is 1.07 bits per heavy atom. The average molecular weight is 398 g/mol. The highest BCUT2D eigenvalue weighted by atomic mass is 16.5. The number of benzene rings is 2. The van der Waals surface area contributed by atoms with Crippen molar-refractivity contribution >= 4 is 11.8 Å². The molecule has 1 fully saturated rings. The highest BCUT2D eigenvalue weighted by Gasteiger charge is 2.30. The van der Waals surface area contributed by atoms with Gasteiger partial charge in [0.1, 0.15) is 24.7 Å². The van der Waals surface area contributed by atoms with E-state index in [2.05, 4.69) is 0 Å². The average Bonchev–Trinajstić information content (AvgIpc) is 2.87. The fraction of sp³-hybridized carbons (Fsp3) is 0.364. The fourth-order valence-electron chi connectivity index (χ4n) is 3.25. The Hall–Kier alpha value is -3.06. The van der Waals surface area contributed by atoms with Crippen LogP contribution in [0.3, 0.4) is 0 Å². The third-order valence-electron chi connectivity index (χ3n) is 4.62. The monoisotopic (exact) mass is 398 g/mol. The number of β-amino-alcohol motifs (C(OH)–C–C–N with tert-alkyl or cyclic N) is 1. The van der Waals surface area contributed by atoms with Gasteiger partial charge in [0.05, 0.1) is 24.8 Å². The standard InChI is InChI=1S/C22H26N2O5/c1-2-28-20-11-7-6-10-19(20)22(27)24-15-17(25)14-23(21(26)16-24)12-13-29-18-8-4-3-5-9-18/h3-11,17,25H,2,12-16H2,1H3. The molecule has 0 radical (unpaired) electrons. The van der Waals surface area contributed by atoms with Gasteiger partial charge in [-0.25, -0.2) is 0 Å². The molecule has 0 aliphatic carbocycles. The summed E-state index contributed by atoms with van der Waals surface area (Å²) in [7, 11) is 0. The molecule has 2 amide bonds. The molecule has 7 heteroatoms. The molecule has 7 nitrogen and oxygen atoms in total. The summed E-state index contributed by atoms with van der Waals surface area (Å²) in [5.41, 5.74) is 0.384. The van der Waals surface area contributed by atoms with E-state index in [1.807, 2.05) is 37.3 Å². The smallest absolute Gasteiger partial charge is 0.258 e. The van der Waals surface area contributed by atoms with Crippen LogP contribution in [0.25, 0.3) is 0 Å². The molecule has 1 aliphatic heterocycles. The van der Waals surface area contributed by atoms with E-state index in [0.29, 0.717) is 31.1 Å². The lowest BCUT2D eigenvalue weighted by Crippen LogP contribution is -2.40. The molecule has 1 aliphatic rings. The largest absolute Gasteiger partial charge is 0.493 e. The van der Waals surface area contributed by atoms with Gasteiger partial charge in [0.25, 0.3) is 5.91 Å². The van der Waals surface area contributed by atoms with Crippen LogP contribution in [0.4, 0.5) is 0 Å². The molecule has 154 valence electrons. The van der Waals surface area contributed by atoms with E-state index in [-0.39, 0.29) is 31.4 Å². The Morgan fingerprint density at radius 2 is 1.79 bits per heavy atom. The Bertz CT molecular complexity index is 827. The third-order valence-corrected chi connectivity index (χ3v) is 4.62. The molecule has 0 aromatic heterocycles. The Labute approximate surface area is 170 Å². The van der Waals surface area contributed by atoms with Crippen LogP contribution in [0.2, 0.25) is 0 Å². The lowest BCUT2D eigenvalue weighted by molar-refractivity contribution is -0.131. The minimum atomic E-state index is -0.832. The van der Waals surface area contributed by atoms with E-state index >= 15 is 0 Å². The van der Waals surface area contributed by atoms with Crippen molar-refractivity contribution in [3.63, 3.8) is 0 Å². The van der Waals surface area contributed by atoms with E-state index < -0.39 is 6.10 Å². The van der Waals surface area contributed by atoms with Crippen LogP contribution in [0.15, 0.2) is 54.6 Å². The maximum absolute atomic E-state index is 13.0. The van der Waals surface area contributed by atoms with Crippen LogP contribution < -0.4 is 9.47 Å². The molecule has 0 spiro atoms. The number of aliphatic hydroxyl groups is 1. The molecule has 1 atom stereocenters. The highest BCUT2D eigenvalue weighted by Crippen LogP contribution is 2.21. The number of para-hydroxylation sites is 2. The summed E-state index contributed by atoms with van der Waals surface area (Å²) in [6.45, 7) is 3.07. The zero-order valence-electron chi connectivity index (χ0n) is 16.5. The quantitative estimate of drug-likeness (QED) is 0.770. The number of hydrogen-bond acceptors (Lipinski definition) is 5. The van der Waals surface area contributed by atoms with E-state index in [1.165, 1.54) is 9.80 Å². The van der Waals surface area contributed by atoms with Gasteiger partial charge in [0.15, 0.2) is 0 Å². The predicted molar refractivity (Wildman–Crippen MR) is 108 cm³/mol. The van der Waals surface area contributed by atoms with Crippen molar-refractivity contribution < 1.29 is 24.2 Å². The van der Waals surface area contributed by atoms with Gasteiger partial charge in [-0.3, -0.25) is 9.59 Å². The van der Waals surface area contributed by atoms with Crippen LogP contribution in [-0.2, 0) is 4.79 Å². The van der Waals surface area contributed by atoms with Crippen LogP contribution in [0.5, 0.6) is 11.5 Å². The van der Waals surface area contributed by atoms with Crippen molar-refractivity contribution in [2.24, 2.45) is 0 Å².